The van der Waals surface area contributed by atoms with Gasteiger partial charge in [0.1, 0.15) is 11.4 Å². The van der Waals surface area contributed by atoms with Crippen molar-refractivity contribution in [2.45, 2.75) is 44.9 Å². The van der Waals surface area contributed by atoms with E-state index in [1.807, 2.05) is 37.3 Å². The van der Waals surface area contributed by atoms with Crippen LogP contribution in [-0.2, 0) is 16.0 Å². The number of rotatable bonds is 5. The Bertz CT molecular complexity index is 926. The number of fused-ring (bicyclic) bond motifs is 1. The fraction of sp³-hybridized carbons (Fsp3) is 0.429. The van der Waals surface area contributed by atoms with Crippen LogP contribution in [0.5, 0.6) is 0 Å². The first kappa shape index (κ1) is 20.3. The van der Waals surface area contributed by atoms with Crippen molar-refractivity contribution in [3.05, 3.63) is 63.8 Å². The van der Waals surface area contributed by atoms with Gasteiger partial charge in [-0.3, -0.25) is 14.2 Å². The van der Waals surface area contributed by atoms with E-state index in [-0.39, 0.29) is 40.1 Å². The predicted molar refractivity (Wildman–Crippen MR) is 108 cm³/mol. The van der Waals surface area contributed by atoms with Gasteiger partial charge in [-0.15, -0.1) is 0 Å². The number of carbonyl (C=O) groups is 2. The van der Waals surface area contributed by atoms with Crippen LogP contribution in [0.25, 0.3) is 0 Å². The number of hydrogen-bond donors (Lipinski definition) is 0. The molecule has 2 heterocycles. The van der Waals surface area contributed by atoms with Crippen molar-refractivity contribution < 1.29 is 14.3 Å². The molecule has 1 aromatic carbocycles. The number of nitrogens with zero attached hydrogens (tertiary/aromatic N) is 2. The van der Waals surface area contributed by atoms with E-state index >= 15 is 0 Å². The van der Waals surface area contributed by atoms with Crippen LogP contribution < -0.4 is 5.56 Å². The summed E-state index contributed by atoms with van der Waals surface area (Å²) in [7, 11) is 0. The fourth-order valence-corrected chi connectivity index (χ4v) is 4.86. The molecule has 3 atom stereocenters. The molecule has 0 bridgehead atoms. The van der Waals surface area contributed by atoms with Gasteiger partial charge >= 0.3 is 5.97 Å². The van der Waals surface area contributed by atoms with E-state index in [0.717, 1.165) is 12.0 Å². The lowest BCUT2D eigenvalue weighted by atomic mass is 9.86. The monoisotopic (exact) mass is 400 g/mol. The Morgan fingerprint density at radius 3 is 2.68 bits per heavy atom. The minimum absolute atomic E-state index is 0.00321. The van der Waals surface area contributed by atoms with Gasteiger partial charge in [-0.1, -0.05) is 42.1 Å². The van der Waals surface area contributed by atoms with Crippen LogP contribution in [0.15, 0.2) is 41.3 Å². The van der Waals surface area contributed by atoms with Crippen LogP contribution >= 0.6 is 11.8 Å². The molecule has 1 aromatic heterocycles. The zero-order chi connectivity index (χ0) is 20.3. The van der Waals surface area contributed by atoms with E-state index in [4.69, 9.17) is 4.74 Å². The van der Waals surface area contributed by atoms with Crippen LogP contribution in [-0.4, -0.2) is 27.2 Å². The molecule has 1 aliphatic heterocycles. The maximum absolute atomic E-state index is 12.8. The second kappa shape index (κ2) is 8.73. The summed E-state index contributed by atoms with van der Waals surface area (Å²) >= 11 is 1.33. The number of benzene rings is 1. The molecule has 0 saturated heterocycles. The predicted octanol–water partition coefficient (Wildman–Crippen LogP) is 3.56. The third kappa shape index (κ3) is 4.19. The molecule has 28 heavy (non-hydrogen) atoms. The first-order valence-electron chi connectivity index (χ1n) is 9.42. The smallest absolute Gasteiger partial charge is 0.345 e. The zero-order valence-electron chi connectivity index (χ0n) is 16.3. The summed E-state index contributed by atoms with van der Waals surface area (Å²) in [5.41, 5.74) is 0.706. The van der Waals surface area contributed by atoms with Gasteiger partial charge in [0.25, 0.3) is 5.56 Å². The zero-order valence-corrected chi connectivity index (χ0v) is 17.1. The third-order valence-corrected chi connectivity index (χ3v) is 6.19. The molecule has 0 saturated carbocycles. The average molecular weight is 401 g/mol. The molecule has 7 heteroatoms. The molecule has 0 aliphatic carbocycles. The van der Waals surface area contributed by atoms with Crippen LogP contribution in [0.3, 0.4) is 0 Å². The van der Waals surface area contributed by atoms with Crippen molar-refractivity contribution >= 4 is 22.8 Å². The molecule has 2 aromatic rings. The minimum Gasteiger partial charge on any atom is -0.462 e. The molecule has 148 valence electrons. The molecule has 0 fully saturated rings. The van der Waals surface area contributed by atoms with Crippen LogP contribution in [0.4, 0.5) is 0 Å². The number of thioether (sulfide) groups is 1. The topological polar surface area (TPSA) is 78.3 Å². The Balaban J connectivity index is 1.95. The molecular formula is C21H24N2O4S. The van der Waals surface area contributed by atoms with Crippen LogP contribution in [0.1, 0.15) is 60.2 Å². The van der Waals surface area contributed by atoms with Crippen LogP contribution in [0, 0.1) is 5.92 Å². The number of ether oxygens (including phenoxy) is 1. The summed E-state index contributed by atoms with van der Waals surface area (Å²) < 4.78 is 6.56. The highest BCUT2D eigenvalue weighted by Crippen LogP contribution is 2.43. The van der Waals surface area contributed by atoms with Gasteiger partial charge in [-0.25, -0.2) is 9.78 Å². The van der Waals surface area contributed by atoms with Gasteiger partial charge in [0.05, 0.1) is 6.61 Å². The van der Waals surface area contributed by atoms with Crippen molar-refractivity contribution in [2.24, 2.45) is 5.92 Å². The highest BCUT2D eigenvalue weighted by molar-refractivity contribution is 8.13. The van der Waals surface area contributed by atoms with Crippen molar-refractivity contribution in [1.82, 2.24) is 9.55 Å². The summed E-state index contributed by atoms with van der Waals surface area (Å²) in [4.78, 5) is 41.1. The Morgan fingerprint density at radius 2 is 2.04 bits per heavy atom. The SMILES string of the molecule is CCOC(=O)c1cnc2n(c1=O)C(C)CC([C@@H](SC(C)=O)c1ccccc1)C2. The second-order valence-corrected chi connectivity index (χ2v) is 8.29. The maximum Gasteiger partial charge on any atom is 0.345 e. The molecule has 0 amide bonds. The van der Waals surface area contributed by atoms with E-state index in [0.29, 0.717) is 12.2 Å². The normalized spacial score (nSPS) is 19.5. The Hall–Kier alpha value is -2.41. The quantitative estimate of drug-likeness (QED) is 0.714. The summed E-state index contributed by atoms with van der Waals surface area (Å²) in [6, 6.07) is 9.83. The summed E-state index contributed by atoms with van der Waals surface area (Å²) in [6.07, 6.45) is 2.61. The van der Waals surface area contributed by atoms with Crippen molar-refractivity contribution in [2.75, 3.05) is 6.61 Å². The largest absolute Gasteiger partial charge is 0.462 e. The molecule has 0 spiro atoms. The highest BCUT2D eigenvalue weighted by atomic mass is 32.2. The lowest BCUT2D eigenvalue weighted by Crippen LogP contribution is -2.38. The standard InChI is InChI=1S/C21H24N2O4S/c1-4-27-21(26)17-12-22-18-11-16(10-13(2)23(18)20(17)25)19(28-14(3)24)15-8-6-5-7-9-15/h5-9,12-13,16,19H,4,10-11H2,1-3H3/t13?,16?,19-/m0/s1. The van der Waals surface area contributed by atoms with Crippen molar-refractivity contribution in [1.29, 1.82) is 0 Å². The van der Waals surface area contributed by atoms with Gasteiger partial charge in [0, 0.05) is 30.8 Å². The van der Waals surface area contributed by atoms with E-state index in [9.17, 15) is 14.4 Å². The first-order valence-corrected chi connectivity index (χ1v) is 10.3. The van der Waals surface area contributed by atoms with E-state index in [2.05, 4.69) is 4.98 Å². The van der Waals surface area contributed by atoms with E-state index in [1.54, 1.807) is 18.4 Å². The molecule has 0 radical (unpaired) electrons. The molecule has 6 nitrogen and oxygen atoms in total. The molecule has 2 unspecified atom stereocenters. The summed E-state index contributed by atoms with van der Waals surface area (Å²) in [6.45, 7) is 5.44. The number of aromatic nitrogens is 2. The molecule has 3 rings (SSSR count). The Kier molecular flexibility index (Phi) is 6.34. The van der Waals surface area contributed by atoms with E-state index < -0.39 is 5.97 Å². The van der Waals surface area contributed by atoms with E-state index in [1.165, 1.54) is 18.0 Å². The minimum atomic E-state index is -0.640. The number of esters is 1. The Morgan fingerprint density at radius 1 is 1.32 bits per heavy atom. The maximum atomic E-state index is 12.8. The highest BCUT2D eigenvalue weighted by Gasteiger charge is 2.34. The third-order valence-electron chi connectivity index (χ3n) is 4.94. The van der Waals surface area contributed by atoms with Gasteiger partial charge in [0.2, 0.25) is 0 Å². The first-order chi connectivity index (χ1) is 13.4. The molecular weight excluding hydrogens is 376 g/mol. The van der Waals surface area contributed by atoms with Gasteiger partial charge < -0.3 is 4.74 Å². The molecule has 1 aliphatic rings. The lowest BCUT2D eigenvalue weighted by molar-refractivity contribution is -0.109. The second-order valence-electron chi connectivity index (χ2n) is 6.97. The Labute approximate surface area is 168 Å². The van der Waals surface area contributed by atoms with Crippen molar-refractivity contribution in [3.63, 3.8) is 0 Å². The summed E-state index contributed by atoms with van der Waals surface area (Å²) in [5, 5.41) is 0.0617. The van der Waals surface area contributed by atoms with Crippen molar-refractivity contribution in [3.8, 4) is 0 Å². The van der Waals surface area contributed by atoms with Gasteiger partial charge in [-0.2, -0.15) is 0 Å². The number of hydrogen-bond acceptors (Lipinski definition) is 6. The fourth-order valence-electron chi connectivity index (χ4n) is 3.81. The van der Waals surface area contributed by atoms with Crippen LogP contribution in [0.2, 0.25) is 0 Å². The van der Waals surface area contributed by atoms with Gasteiger partial charge in [0.15, 0.2) is 5.12 Å². The average Bonchev–Trinajstić information content (AvgIpc) is 2.66. The summed E-state index contributed by atoms with van der Waals surface area (Å²) in [5.74, 6) is 0.164. The number of carbonyl (C=O) groups excluding carboxylic acids is 2. The molecule has 0 N–H and O–H groups in total. The van der Waals surface area contributed by atoms with Gasteiger partial charge in [-0.05, 0) is 31.7 Å². The lowest BCUT2D eigenvalue weighted by Gasteiger charge is -2.34.